The van der Waals surface area contributed by atoms with Crippen molar-refractivity contribution in [2.45, 2.75) is 20.8 Å². The zero-order valence-corrected chi connectivity index (χ0v) is 21.1. The highest BCUT2D eigenvalue weighted by Gasteiger charge is 2.21. The number of aryl methyl sites for hydroxylation is 3. The third kappa shape index (κ3) is 5.19. The van der Waals surface area contributed by atoms with Gasteiger partial charge in [0.05, 0.1) is 18.1 Å². The molecule has 0 unspecified atom stereocenters. The highest BCUT2D eigenvalue weighted by molar-refractivity contribution is 7.92. The SMILES string of the molecule is Cc1cc(Nc2cc(Nc3nc(C)c(-c4cnn(C)c4C)cc3N(C)S(C)(=O)=O)ncn2)ncn1. The van der Waals surface area contributed by atoms with Crippen molar-refractivity contribution in [3.8, 4) is 11.1 Å². The number of nitrogens with zero attached hydrogens (tertiary/aromatic N) is 8. The van der Waals surface area contributed by atoms with Gasteiger partial charge in [0.15, 0.2) is 5.82 Å². The Morgan fingerprint density at radius 2 is 1.51 bits per heavy atom. The van der Waals surface area contributed by atoms with Gasteiger partial charge in [-0.3, -0.25) is 8.99 Å². The second-order valence-electron chi connectivity index (χ2n) is 8.07. The first kappa shape index (κ1) is 24.0. The Morgan fingerprint density at radius 1 is 0.886 bits per heavy atom. The predicted molar refractivity (Wildman–Crippen MR) is 135 cm³/mol. The predicted octanol–water partition coefficient (Wildman–Crippen LogP) is 2.87. The van der Waals surface area contributed by atoms with Crippen molar-refractivity contribution in [1.82, 2.24) is 34.7 Å². The number of rotatable bonds is 7. The van der Waals surface area contributed by atoms with Gasteiger partial charge in [-0.2, -0.15) is 5.10 Å². The minimum atomic E-state index is -3.57. The lowest BCUT2D eigenvalue weighted by Gasteiger charge is -2.22. The minimum Gasteiger partial charge on any atom is -0.325 e. The lowest BCUT2D eigenvalue weighted by atomic mass is 10.0. The molecule has 4 aromatic rings. The molecule has 0 aromatic carbocycles. The molecule has 0 bridgehead atoms. The van der Waals surface area contributed by atoms with Crippen LogP contribution in [0.1, 0.15) is 17.1 Å². The van der Waals surface area contributed by atoms with E-state index in [9.17, 15) is 8.42 Å². The number of sulfonamides is 1. The standard InChI is InChI=1S/C22H26N10O2S/c1-13-7-19(24-11-23-13)29-20-9-21(26-12-25-20)30-22-18(32(5)35(6,33)34)8-16(14(2)28-22)17-10-27-31(4)15(17)3/h7-12H,1-6H3,(H2,23,24,25,26,28,29,30). The molecule has 0 radical (unpaired) electrons. The summed E-state index contributed by atoms with van der Waals surface area (Å²) < 4.78 is 27.8. The molecule has 4 rings (SSSR count). The van der Waals surface area contributed by atoms with Crippen molar-refractivity contribution in [2.75, 3.05) is 28.2 Å². The number of aromatic nitrogens is 7. The van der Waals surface area contributed by atoms with Gasteiger partial charge in [0.1, 0.15) is 30.1 Å². The average molecular weight is 495 g/mol. The zero-order chi connectivity index (χ0) is 25.3. The normalized spacial score (nSPS) is 11.4. The van der Waals surface area contributed by atoms with Crippen LogP contribution in [-0.2, 0) is 17.1 Å². The maximum atomic E-state index is 12.4. The zero-order valence-electron chi connectivity index (χ0n) is 20.3. The Kier molecular flexibility index (Phi) is 6.35. The van der Waals surface area contributed by atoms with E-state index < -0.39 is 10.0 Å². The van der Waals surface area contributed by atoms with E-state index in [1.807, 2.05) is 27.8 Å². The van der Waals surface area contributed by atoms with Gasteiger partial charge >= 0.3 is 0 Å². The van der Waals surface area contributed by atoms with Gasteiger partial charge in [-0.1, -0.05) is 0 Å². The van der Waals surface area contributed by atoms with E-state index in [-0.39, 0.29) is 0 Å². The van der Waals surface area contributed by atoms with Crippen LogP contribution in [0.5, 0.6) is 0 Å². The van der Waals surface area contributed by atoms with Gasteiger partial charge in [0.2, 0.25) is 10.0 Å². The van der Waals surface area contributed by atoms with Gasteiger partial charge in [-0.05, 0) is 26.8 Å². The Balaban J connectivity index is 1.74. The summed E-state index contributed by atoms with van der Waals surface area (Å²) in [5.41, 5.74) is 4.49. The molecule has 0 amide bonds. The largest absolute Gasteiger partial charge is 0.325 e. The summed E-state index contributed by atoms with van der Waals surface area (Å²) in [4.78, 5) is 21.5. The van der Waals surface area contributed by atoms with Crippen LogP contribution in [0.2, 0.25) is 0 Å². The molecular formula is C22H26N10O2S. The molecule has 13 heteroatoms. The first-order chi connectivity index (χ1) is 16.5. The van der Waals surface area contributed by atoms with Crippen molar-refractivity contribution in [1.29, 1.82) is 0 Å². The second kappa shape index (κ2) is 9.25. The van der Waals surface area contributed by atoms with Crippen molar-refractivity contribution in [3.05, 3.63) is 54.1 Å². The van der Waals surface area contributed by atoms with E-state index in [4.69, 9.17) is 4.98 Å². The molecule has 0 fully saturated rings. The van der Waals surface area contributed by atoms with E-state index in [2.05, 4.69) is 35.7 Å². The Bertz CT molecular complexity index is 1500. The lowest BCUT2D eigenvalue weighted by molar-refractivity contribution is 0.600. The Morgan fingerprint density at radius 3 is 2.11 bits per heavy atom. The number of nitrogens with one attached hydrogen (secondary N) is 2. The maximum absolute atomic E-state index is 12.4. The molecule has 4 heterocycles. The quantitative estimate of drug-likeness (QED) is 0.393. The third-order valence-corrected chi connectivity index (χ3v) is 6.72. The van der Waals surface area contributed by atoms with E-state index in [0.29, 0.717) is 34.7 Å². The van der Waals surface area contributed by atoms with Crippen LogP contribution in [0.4, 0.5) is 29.0 Å². The highest BCUT2D eigenvalue weighted by atomic mass is 32.2. The molecule has 12 nitrogen and oxygen atoms in total. The summed E-state index contributed by atoms with van der Waals surface area (Å²) in [7, 11) is -0.232. The molecule has 0 spiro atoms. The molecule has 0 aliphatic carbocycles. The van der Waals surface area contributed by atoms with Crippen molar-refractivity contribution >= 4 is 39.0 Å². The van der Waals surface area contributed by atoms with Crippen molar-refractivity contribution in [3.63, 3.8) is 0 Å². The summed E-state index contributed by atoms with van der Waals surface area (Å²) in [5, 5.41) is 10.6. The molecular weight excluding hydrogens is 468 g/mol. The Labute approximate surface area is 203 Å². The third-order valence-electron chi connectivity index (χ3n) is 5.53. The smallest absolute Gasteiger partial charge is 0.232 e. The molecule has 0 saturated carbocycles. The van der Waals surface area contributed by atoms with Crippen LogP contribution < -0.4 is 14.9 Å². The number of hydrogen-bond donors (Lipinski definition) is 2. The fraction of sp³-hybridized carbons (Fsp3) is 0.273. The van der Waals surface area contributed by atoms with Gasteiger partial charge in [0.25, 0.3) is 0 Å². The fourth-order valence-corrected chi connectivity index (χ4v) is 3.91. The molecule has 0 atom stereocenters. The van der Waals surface area contributed by atoms with Crippen LogP contribution in [-0.4, -0.2) is 56.4 Å². The summed E-state index contributed by atoms with van der Waals surface area (Å²) in [6.07, 6.45) is 5.73. The van der Waals surface area contributed by atoms with E-state index in [1.165, 1.54) is 24.0 Å². The summed E-state index contributed by atoms with van der Waals surface area (Å²) >= 11 is 0. The van der Waals surface area contributed by atoms with Crippen LogP contribution in [0.25, 0.3) is 11.1 Å². The van der Waals surface area contributed by atoms with Crippen molar-refractivity contribution in [2.24, 2.45) is 7.05 Å². The highest BCUT2D eigenvalue weighted by Crippen LogP contribution is 2.35. The first-order valence-electron chi connectivity index (χ1n) is 10.6. The van der Waals surface area contributed by atoms with Crippen LogP contribution in [0.3, 0.4) is 0 Å². The molecule has 182 valence electrons. The van der Waals surface area contributed by atoms with Gasteiger partial charge < -0.3 is 10.6 Å². The molecule has 0 saturated heterocycles. The lowest BCUT2D eigenvalue weighted by Crippen LogP contribution is -2.26. The number of pyridine rings is 1. The topological polar surface area (TPSA) is 144 Å². The van der Waals surface area contributed by atoms with Gasteiger partial charge in [-0.15, -0.1) is 0 Å². The maximum Gasteiger partial charge on any atom is 0.232 e. The minimum absolute atomic E-state index is 0.336. The average Bonchev–Trinajstić information content (AvgIpc) is 3.11. The molecule has 2 N–H and O–H groups in total. The molecule has 0 aliphatic rings. The molecule has 4 aromatic heterocycles. The Hall–Kier alpha value is -4.13. The fourth-order valence-electron chi connectivity index (χ4n) is 3.41. The second-order valence-corrected chi connectivity index (χ2v) is 10.1. The first-order valence-corrected chi connectivity index (χ1v) is 12.5. The number of anilines is 5. The monoisotopic (exact) mass is 494 g/mol. The summed E-state index contributed by atoms with van der Waals surface area (Å²) in [5.74, 6) is 1.85. The van der Waals surface area contributed by atoms with E-state index in [1.54, 1.807) is 29.1 Å². The van der Waals surface area contributed by atoms with Gasteiger partial charge in [-0.25, -0.2) is 33.3 Å². The van der Waals surface area contributed by atoms with Crippen LogP contribution in [0.15, 0.2) is 37.1 Å². The number of hydrogen-bond acceptors (Lipinski definition) is 10. The van der Waals surface area contributed by atoms with E-state index >= 15 is 0 Å². The van der Waals surface area contributed by atoms with E-state index in [0.717, 1.165) is 28.8 Å². The van der Waals surface area contributed by atoms with Crippen LogP contribution >= 0.6 is 0 Å². The van der Waals surface area contributed by atoms with Gasteiger partial charge in [0, 0.05) is 54.4 Å². The molecule has 0 aliphatic heterocycles. The summed E-state index contributed by atoms with van der Waals surface area (Å²) in [6.45, 7) is 5.67. The van der Waals surface area contributed by atoms with Crippen LogP contribution in [0, 0.1) is 20.8 Å². The van der Waals surface area contributed by atoms with Crippen molar-refractivity contribution < 1.29 is 8.42 Å². The molecule has 35 heavy (non-hydrogen) atoms. The summed E-state index contributed by atoms with van der Waals surface area (Å²) in [6, 6.07) is 5.26.